The van der Waals surface area contributed by atoms with E-state index < -0.39 is 28.0 Å². The molecule has 24 heavy (non-hydrogen) atoms. The number of carboxylic acids is 1. The number of amides is 1. The fraction of sp³-hybridized carbons (Fsp3) is 0.875. The van der Waals surface area contributed by atoms with Gasteiger partial charge >= 0.3 is 5.97 Å². The maximum absolute atomic E-state index is 12.4. The van der Waals surface area contributed by atoms with E-state index in [4.69, 9.17) is 0 Å². The number of carbonyl (C=O) groups excluding carboxylic acids is 1. The van der Waals surface area contributed by atoms with E-state index in [1.165, 1.54) is 4.31 Å². The van der Waals surface area contributed by atoms with Crippen LogP contribution in [0.3, 0.4) is 0 Å². The molecule has 2 N–H and O–H groups in total. The van der Waals surface area contributed by atoms with Crippen LogP contribution in [0.1, 0.15) is 52.9 Å². The Hall–Kier alpha value is -1.15. The summed E-state index contributed by atoms with van der Waals surface area (Å²) < 4.78 is 26.0. The molecule has 2 atom stereocenters. The number of rotatable bonds is 10. The molecule has 1 heterocycles. The van der Waals surface area contributed by atoms with E-state index in [0.717, 1.165) is 6.42 Å². The highest BCUT2D eigenvalue weighted by Gasteiger charge is 2.38. The lowest BCUT2D eigenvalue weighted by Crippen LogP contribution is -2.48. The van der Waals surface area contributed by atoms with Gasteiger partial charge in [-0.15, -0.1) is 0 Å². The predicted molar refractivity (Wildman–Crippen MR) is 92.0 cm³/mol. The molecule has 8 heteroatoms. The molecule has 1 saturated heterocycles. The van der Waals surface area contributed by atoms with Crippen molar-refractivity contribution >= 4 is 21.9 Å². The minimum absolute atomic E-state index is 0.0334. The molecule has 0 radical (unpaired) electrons. The normalized spacial score (nSPS) is 20.2. The molecule has 2 unspecified atom stereocenters. The highest BCUT2D eigenvalue weighted by Crippen LogP contribution is 2.22. The maximum Gasteiger partial charge on any atom is 0.308 e. The summed E-state index contributed by atoms with van der Waals surface area (Å²) in [7, 11) is -3.43. The summed E-state index contributed by atoms with van der Waals surface area (Å²) in [6.07, 6.45) is 2.96. The number of unbranched alkanes of at least 4 members (excludes halogenated alkanes) is 1. The topological polar surface area (TPSA) is 104 Å². The highest BCUT2D eigenvalue weighted by molar-refractivity contribution is 7.89. The van der Waals surface area contributed by atoms with Crippen LogP contribution in [0, 0.1) is 11.8 Å². The van der Waals surface area contributed by atoms with Crippen molar-refractivity contribution in [1.82, 2.24) is 9.62 Å². The third kappa shape index (κ3) is 6.05. The summed E-state index contributed by atoms with van der Waals surface area (Å²) in [5, 5.41) is 11.9. The Kier molecular flexibility index (Phi) is 8.15. The Morgan fingerprint density at radius 2 is 2.00 bits per heavy atom. The molecule has 0 spiro atoms. The van der Waals surface area contributed by atoms with Gasteiger partial charge in [-0.2, -0.15) is 4.31 Å². The van der Waals surface area contributed by atoms with Gasteiger partial charge in [-0.3, -0.25) is 9.59 Å². The number of nitrogens with one attached hydrogen (secondary N) is 1. The molecule has 1 aliphatic rings. The van der Waals surface area contributed by atoms with Gasteiger partial charge in [0.15, 0.2) is 0 Å². The van der Waals surface area contributed by atoms with Gasteiger partial charge in [0.05, 0.1) is 11.7 Å². The third-order valence-electron chi connectivity index (χ3n) is 4.25. The molecule has 140 valence electrons. The van der Waals surface area contributed by atoms with E-state index in [9.17, 15) is 23.1 Å². The molecule has 0 saturated carbocycles. The van der Waals surface area contributed by atoms with Crippen LogP contribution in [-0.4, -0.2) is 54.6 Å². The number of hydrogen-bond acceptors (Lipinski definition) is 4. The Bertz CT molecular complexity index is 533. The summed E-state index contributed by atoms with van der Waals surface area (Å²) >= 11 is 0. The zero-order valence-electron chi connectivity index (χ0n) is 14.8. The summed E-state index contributed by atoms with van der Waals surface area (Å²) in [4.78, 5) is 23.6. The summed E-state index contributed by atoms with van der Waals surface area (Å²) in [6, 6.07) is -0.708. The monoisotopic (exact) mass is 362 g/mol. The number of hydrogen-bond donors (Lipinski definition) is 2. The molecular formula is C16H30N2O5S. The van der Waals surface area contributed by atoms with Crippen molar-refractivity contribution < 1.29 is 23.1 Å². The van der Waals surface area contributed by atoms with Gasteiger partial charge < -0.3 is 10.4 Å². The van der Waals surface area contributed by atoms with Crippen LogP contribution in [0.4, 0.5) is 0 Å². The van der Waals surface area contributed by atoms with Gasteiger partial charge in [0.25, 0.3) is 0 Å². The number of sulfonamides is 1. The molecule has 0 aromatic carbocycles. The molecule has 7 nitrogen and oxygen atoms in total. The number of carboxylic acid groups (broad SMARTS) is 1. The van der Waals surface area contributed by atoms with Crippen LogP contribution in [0.25, 0.3) is 0 Å². The van der Waals surface area contributed by atoms with Crippen LogP contribution in [0.15, 0.2) is 0 Å². The third-order valence-corrected chi connectivity index (χ3v) is 6.20. The van der Waals surface area contributed by atoms with E-state index >= 15 is 0 Å². The first-order chi connectivity index (χ1) is 11.2. The first kappa shape index (κ1) is 20.9. The van der Waals surface area contributed by atoms with Crippen molar-refractivity contribution in [3.05, 3.63) is 0 Å². The second kappa shape index (κ2) is 9.36. The Labute approximate surface area is 144 Å². The fourth-order valence-corrected chi connectivity index (χ4v) is 4.85. The van der Waals surface area contributed by atoms with E-state index in [1.807, 2.05) is 20.8 Å². The molecule has 1 aliphatic heterocycles. The van der Waals surface area contributed by atoms with Crippen molar-refractivity contribution in [2.24, 2.45) is 11.8 Å². The first-order valence-corrected chi connectivity index (χ1v) is 10.3. The molecule has 0 aromatic rings. The lowest BCUT2D eigenvalue weighted by Gasteiger charge is -2.24. The second-order valence-corrected chi connectivity index (χ2v) is 8.89. The van der Waals surface area contributed by atoms with Gasteiger partial charge in [-0.1, -0.05) is 27.2 Å². The molecule has 0 bridgehead atoms. The highest BCUT2D eigenvalue weighted by atomic mass is 32.2. The summed E-state index contributed by atoms with van der Waals surface area (Å²) in [6.45, 7) is 6.17. The van der Waals surface area contributed by atoms with Crippen molar-refractivity contribution in [1.29, 1.82) is 0 Å². The molecule has 1 rings (SSSR count). The molecule has 1 fully saturated rings. The number of nitrogens with zero attached hydrogens (tertiary/aromatic N) is 1. The zero-order chi connectivity index (χ0) is 18.3. The second-order valence-electron chi connectivity index (χ2n) is 6.85. The largest absolute Gasteiger partial charge is 0.481 e. The quantitative estimate of drug-likeness (QED) is 0.612. The molecule has 1 amide bonds. The molecular weight excluding hydrogens is 332 g/mol. The minimum Gasteiger partial charge on any atom is -0.481 e. The fourth-order valence-electron chi connectivity index (χ4n) is 2.96. The van der Waals surface area contributed by atoms with Crippen molar-refractivity contribution in [3.63, 3.8) is 0 Å². The lowest BCUT2D eigenvalue weighted by molar-refractivity contribution is -0.142. The van der Waals surface area contributed by atoms with Gasteiger partial charge in [0.1, 0.15) is 6.04 Å². The van der Waals surface area contributed by atoms with Crippen molar-refractivity contribution in [3.8, 4) is 0 Å². The number of aliphatic carboxylic acids is 1. The number of carbonyl (C=O) groups is 2. The lowest BCUT2D eigenvalue weighted by atomic mass is 9.97. The van der Waals surface area contributed by atoms with E-state index in [2.05, 4.69) is 5.32 Å². The van der Waals surface area contributed by atoms with E-state index in [0.29, 0.717) is 32.2 Å². The standard InChI is InChI=1S/C16H30N2O5S/c1-4-5-9-24(22,23)18-8-6-7-14(18)15(19)17-11-13(16(20)21)10-12(2)3/h12-14H,4-11H2,1-3H3,(H,17,19)(H,20,21). The first-order valence-electron chi connectivity index (χ1n) is 8.69. The van der Waals surface area contributed by atoms with Crippen LogP contribution >= 0.6 is 0 Å². The van der Waals surface area contributed by atoms with Crippen LogP contribution in [0.2, 0.25) is 0 Å². The molecule has 0 aliphatic carbocycles. The smallest absolute Gasteiger partial charge is 0.308 e. The summed E-state index contributed by atoms with van der Waals surface area (Å²) in [5.74, 6) is -1.72. The van der Waals surface area contributed by atoms with E-state index in [-0.39, 0.29) is 24.1 Å². The van der Waals surface area contributed by atoms with Crippen molar-refractivity contribution in [2.45, 2.75) is 58.9 Å². The van der Waals surface area contributed by atoms with Gasteiger partial charge in [0, 0.05) is 13.1 Å². The molecule has 0 aromatic heterocycles. The Balaban J connectivity index is 2.67. The predicted octanol–water partition coefficient (Wildman–Crippen LogP) is 1.44. The average Bonchev–Trinajstić information content (AvgIpc) is 2.99. The van der Waals surface area contributed by atoms with Crippen LogP contribution < -0.4 is 5.32 Å². The zero-order valence-corrected chi connectivity index (χ0v) is 15.6. The van der Waals surface area contributed by atoms with Crippen LogP contribution in [-0.2, 0) is 19.6 Å². The Morgan fingerprint density at radius 1 is 1.33 bits per heavy atom. The SMILES string of the molecule is CCCCS(=O)(=O)N1CCCC1C(=O)NCC(CC(C)C)C(=O)O. The van der Waals surface area contributed by atoms with Crippen molar-refractivity contribution in [2.75, 3.05) is 18.8 Å². The van der Waals surface area contributed by atoms with Crippen LogP contribution in [0.5, 0.6) is 0 Å². The minimum atomic E-state index is -3.43. The van der Waals surface area contributed by atoms with Gasteiger partial charge in [-0.05, 0) is 31.6 Å². The Morgan fingerprint density at radius 3 is 2.54 bits per heavy atom. The maximum atomic E-state index is 12.4. The van der Waals surface area contributed by atoms with E-state index in [1.54, 1.807) is 0 Å². The van der Waals surface area contributed by atoms with Gasteiger partial charge in [0.2, 0.25) is 15.9 Å². The summed E-state index contributed by atoms with van der Waals surface area (Å²) in [5.41, 5.74) is 0. The average molecular weight is 362 g/mol. The van der Waals surface area contributed by atoms with Gasteiger partial charge in [-0.25, -0.2) is 8.42 Å².